The smallest absolute Gasteiger partial charge is 0.321 e. The number of carbonyl (C=O) groups is 1. The predicted molar refractivity (Wildman–Crippen MR) is 127 cm³/mol. The molecule has 0 saturated carbocycles. The summed E-state index contributed by atoms with van der Waals surface area (Å²) in [5, 5.41) is 6.55. The van der Waals surface area contributed by atoms with Crippen LogP contribution in [0.2, 0.25) is 0 Å². The summed E-state index contributed by atoms with van der Waals surface area (Å²) in [4.78, 5) is 14.2. The third kappa shape index (κ3) is 5.86. The monoisotopic (exact) mass is 401 g/mol. The van der Waals surface area contributed by atoms with Crippen LogP contribution in [0.25, 0.3) is 11.1 Å². The minimum Gasteiger partial charge on any atom is -0.380 e. The van der Waals surface area contributed by atoms with Crippen LogP contribution >= 0.6 is 0 Å². The molecular formula is C26H31N3O. The van der Waals surface area contributed by atoms with Crippen molar-refractivity contribution >= 4 is 17.4 Å². The number of anilines is 2. The molecule has 0 aliphatic heterocycles. The molecule has 0 aliphatic rings. The van der Waals surface area contributed by atoms with Crippen molar-refractivity contribution in [2.75, 3.05) is 23.8 Å². The number of unbranched alkanes of at least 4 members (excludes halogenated alkanes) is 2. The zero-order valence-corrected chi connectivity index (χ0v) is 17.9. The van der Waals surface area contributed by atoms with Crippen LogP contribution in [0.5, 0.6) is 0 Å². The van der Waals surface area contributed by atoms with Crippen LogP contribution < -0.4 is 15.5 Å². The summed E-state index contributed by atoms with van der Waals surface area (Å²) < 4.78 is 0. The van der Waals surface area contributed by atoms with Gasteiger partial charge < -0.3 is 10.6 Å². The van der Waals surface area contributed by atoms with Gasteiger partial charge in [0.1, 0.15) is 0 Å². The highest BCUT2D eigenvalue weighted by atomic mass is 16.2. The zero-order valence-electron chi connectivity index (χ0n) is 17.9. The fourth-order valence-corrected chi connectivity index (χ4v) is 3.37. The van der Waals surface area contributed by atoms with Crippen LogP contribution in [0.15, 0.2) is 78.9 Å². The molecule has 0 spiro atoms. The quantitative estimate of drug-likeness (QED) is 0.413. The Morgan fingerprint density at radius 1 is 0.900 bits per heavy atom. The highest BCUT2D eigenvalue weighted by Gasteiger charge is 2.12. The van der Waals surface area contributed by atoms with Gasteiger partial charge in [-0.15, -0.1) is 0 Å². The SMILES string of the molecule is CCCCCNC(=O)N(C)c1cccc(-c2ccccc2NCc2ccccc2)c1. The van der Waals surface area contributed by atoms with Gasteiger partial charge in [-0.3, -0.25) is 4.90 Å². The Labute approximate surface area is 179 Å². The molecule has 0 fully saturated rings. The third-order valence-electron chi connectivity index (χ3n) is 5.16. The van der Waals surface area contributed by atoms with Crippen molar-refractivity contribution in [1.82, 2.24) is 5.32 Å². The van der Waals surface area contributed by atoms with Gasteiger partial charge in [0.15, 0.2) is 0 Å². The second-order valence-corrected chi connectivity index (χ2v) is 7.43. The van der Waals surface area contributed by atoms with Crippen molar-refractivity contribution in [2.24, 2.45) is 0 Å². The summed E-state index contributed by atoms with van der Waals surface area (Å²) in [6.45, 7) is 3.63. The van der Waals surface area contributed by atoms with Gasteiger partial charge in [-0.1, -0.05) is 80.4 Å². The number of nitrogens with zero attached hydrogens (tertiary/aromatic N) is 1. The molecular weight excluding hydrogens is 370 g/mol. The van der Waals surface area contributed by atoms with Gasteiger partial charge in [-0.2, -0.15) is 0 Å². The van der Waals surface area contributed by atoms with E-state index in [9.17, 15) is 4.79 Å². The van der Waals surface area contributed by atoms with Crippen molar-refractivity contribution in [3.63, 3.8) is 0 Å². The molecule has 0 aromatic heterocycles. The Kier molecular flexibility index (Phi) is 7.90. The number of rotatable bonds is 9. The molecule has 0 unspecified atom stereocenters. The van der Waals surface area contributed by atoms with E-state index < -0.39 is 0 Å². The van der Waals surface area contributed by atoms with Crippen molar-refractivity contribution in [3.05, 3.63) is 84.4 Å². The van der Waals surface area contributed by atoms with E-state index in [1.807, 2.05) is 37.4 Å². The molecule has 0 atom stereocenters. The fraction of sp³-hybridized carbons (Fsp3) is 0.269. The number of hydrogen-bond donors (Lipinski definition) is 2. The number of carbonyl (C=O) groups excluding carboxylic acids is 1. The maximum atomic E-state index is 12.5. The van der Waals surface area contributed by atoms with Crippen molar-refractivity contribution in [1.29, 1.82) is 0 Å². The van der Waals surface area contributed by atoms with Crippen LogP contribution in [0, 0.1) is 0 Å². The molecule has 3 aromatic carbocycles. The molecule has 4 nitrogen and oxygen atoms in total. The van der Waals surface area contributed by atoms with E-state index in [0.717, 1.165) is 48.3 Å². The summed E-state index contributed by atoms with van der Waals surface area (Å²) in [5.41, 5.74) is 5.38. The number of urea groups is 1. The molecule has 2 N–H and O–H groups in total. The summed E-state index contributed by atoms with van der Waals surface area (Å²) >= 11 is 0. The van der Waals surface area contributed by atoms with Gasteiger partial charge in [0.2, 0.25) is 0 Å². The molecule has 0 heterocycles. The standard InChI is InChI=1S/C26H31N3O/c1-3-4-10-18-27-26(30)29(2)23-15-11-14-22(19-23)24-16-8-9-17-25(24)28-20-21-12-6-5-7-13-21/h5-9,11-17,19,28H,3-4,10,18,20H2,1-2H3,(H,27,30). The summed E-state index contributed by atoms with van der Waals surface area (Å²) in [7, 11) is 1.81. The average Bonchev–Trinajstić information content (AvgIpc) is 2.81. The maximum absolute atomic E-state index is 12.5. The van der Waals surface area contributed by atoms with Crippen molar-refractivity contribution in [3.8, 4) is 11.1 Å². The van der Waals surface area contributed by atoms with E-state index in [2.05, 4.69) is 66.1 Å². The first kappa shape index (κ1) is 21.4. The highest BCUT2D eigenvalue weighted by Crippen LogP contribution is 2.30. The lowest BCUT2D eigenvalue weighted by Crippen LogP contribution is -2.37. The molecule has 0 aliphatic carbocycles. The highest BCUT2D eigenvalue weighted by molar-refractivity contribution is 5.92. The second kappa shape index (κ2) is 11.1. The van der Waals surface area contributed by atoms with Crippen LogP contribution in [-0.4, -0.2) is 19.6 Å². The summed E-state index contributed by atoms with van der Waals surface area (Å²) in [6, 6.07) is 26.7. The van der Waals surface area contributed by atoms with Gasteiger partial charge in [0.25, 0.3) is 0 Å². The largest absolute Gasteiger partial charge is 0.380 e. The lowest BCUT2D eigenvalue weighted by Gasteiger charge is -2.19. The fourth-order valence-electron chi connectivity index (χ4n) is 3.37. The predicted octanol–water partition coefficient (Wildman–Crippen LogP) is 6.30. The number of benzene rings is 3. The lowest BCUT2D eigenvalue weighted by atomic mass is 10.0. The molecule has 156 valence electrons. The van der Waals surface area contributed by atoms with Crippen LogP contribution in [0.1, 0.15) is 31.7 Å². The van der Waals surface area contributed by atoms with E-state index >= 15 is 0 Å². The molecule has 2 amide bonds. The minimum absolute atomic E-state index is 0.0706. The Balaban J connectivity index is 1.73. The van der Waals surface area contributed by atoms with E-state index in [4.69, 9.17) is 0 Å². The lowest BCUT2D eigenvalue weighted by molar-refractivity contribution is 0.247. The van der Waals surface area contributed by atoms with Crippen LogP contribution in [0.3, 0.4) is 0 Å². The van der Waals surface area contributed by atoms with Crippen LogP contribution in [-0.2, 0) is 6.54 Å². The molecule has 30 heavy (non-hydrogen) atoms. The normalized spacial score (nSPS) is 10.5. The van der Waals surface area contributed by atoms with Crippen molar-refractivity contribution < 1.29 is 4.79 Å². The van der Waals surface area contributed by atoms with Gasteiger partial charge in [-0.25, -0.2) is 4.79 Å². The first-order chi connectivity index (χ1) is 14.7. The topological polar surface area (TPSA) is 44.4 Å². The Morgan fingerprint density at radius 2 is 1.67 bits per heavy atom. The summed E-state index contributed by atoms with van der Waals surface area (Å²) in [5.74, 6) is 0. The van der Waals surface area contributed by atoms with Crippen molar-refractivity contribution in [2.45, 2.75) is 32.7 Å². The van der Waals surface area contributed by atoms with E-state index in [1.165, 1.54) is 5.56 Å². The van der Waals surface area contributed by atoms with E-state index in [0.29, 0.717) is 6.54 Å². The second-order valence-electron chi connectivity index (χ2n) is 7.43. The minimum atomic E-state index is -0.0706. The molecule has 3 rings (SSSR count). The third-order valence-corrected chi connectivity index (χ3v) is 5.16. The first-order valence-electron chi connectivity index (χ1n) is 10.7. The number of hydrogen-bond acceptors (Lipinski definition) is 2. The van der Waals surface area contributed by atoms with Gasteiger partial charge in [0, 0.05) is 37.1 Å². The number of nitrogens with one attached hydrogen (secondary N) is 2. The van der Waals surface area contributed by atoms with Crippen LogP contribution in [0.4, 0.5) is 16.2 Å². The Bertz CT molecular complexity index is 940. The Morgan fingerprint density at radius 3 is 2.47 bits per heavy atom. The summed E-state index contributed by atoms with van der Waals surface area (Å²) in [6.07, 6.45) is 3.29. The van der Waals surface area contributed by atoms with E-state index in [-0.39, 0.29) is 6.03 Å². The molecule has 3 aromatic rings. The Hall–Kier alpha value is -3.27. The molecule has 0 bridgehead atoms. The first-order valence-corrected chi connectivity index (χ1v) is 10.7. The van der Waals surface area contributed by atoms with Gasteiger partial charge in [0.05, 0.1) is 0 Å². The molecule has 4 heteroatoms. The van der Waals surface area contributed by atoms with Gasteiger partial charge >= 0.3 is 6.03 Å². The average molecular weight is 402 g/mol. The maximum Gasteiger partial charge on any atom is 0.321 e. The molecule has 0 radical (unpaired) electrons. The number of amides is 2. The number of para-hydroxylation sites is 1. The van der Waals surface area contributed by atoms with Gasteiger partial charge in [-0.05, 0) is 35.7 Å². The molecule has 0 saturated heterocycles. The van der Waals surface area contributed by atoms with E-state index in [1.54, 1.807) is 4.90 Å². The zero-order chi connectivity index (χ0) is 21.2.